The number of benzene rings is 8. The van der Waals surface area contributed by atoms with Gasteiger partial charge in [0.15, 0.2) is 0 Å². The number of fused-ring (bicyclic) bond motifs is 2. The summed E-state index contributed by atoms with van der Waals surface area (Å²) in [5, 5.41) is -1.16. The van der Waals surface area contributed by atoms with Crippen LogP contribution in [0.25, 0.3) is 0 Å². The summed E-state index contributed by atoms with van der Waals surface area (Å²) in [5.41, 5.74) is 17.7. The fourth-order valence-corrected chi connectivity index (χ4v) is 18.4. The summed E-state index contributed by atoms with van der Waals surface area (Å²) in [6.07, 6.45) is 11.3. The molecule has 0 aliphatic carbocycles. The Labute approximate surface area is 480 Å². The number of aryl methyl sites for hydroxylation is 4. The van der Waals surface area contributed by atoms with Crippen molar-refractivity contribution >= 4 is 69.9 Å². The monoisotopic (exact) mass is 1060 g/mol. The number of nitrogens with zero attached hydrogens (tertiary/aromatic N) is 8. The van der Waals surface area contributed by atoms with Crippen LogP contribution in [0.2, 0.25) is 0 Å². The van der Waals surface area contributed by atoms with Gasteiger partial charge in [-0.05, 0) is 0 Å². The molecule has 0 unspecified atom stereocenters. The van der Waals surface area contributed by atoms with Crippen LogP contribution in [-0.4, -0.2) is 43.4 Å². The van der Waals surface area contributed by atoms with Gasteiger partial charge in [-0.2, -0.15) is 21.9 Å². The second kappa shape index (κ2) is 17.9. The third-order valence-corrected chi connectivity index (χ3v) is 20.8. The zero-order valence-electron chi connectivity index (χ0n) is 47.0. The van der Waals surface area contributed by atoms with Crippen molar-refractivity contribution in [2.45, 2.75) is 10.6 Å². The third-order valence-electron chi connectivity index (χ3n) is 20.8. The Morgan fingerprint density at radius 2 is 0.500 bits per heavy atom. The molecule has 18 rings (SSSR count). The van der Waals surface area contributed by atoms with E-state index in [-0.39, 0.29) is 0 Å². The summed E-state index contributed by atoms with van der Waals surface area (Å²) >= 11 is 0. The van der Waals surface area contributed by atoms with Crippen molar-refractivity contribution in [3.05, 3.63) is 339 Å². The molecule has 0 saturated carbocycles. The smallest absolute Gasteiger partial charge is 0.342 e. The lowest BCUT2D eigenvalue weighted by molar-refractivity contribution is -0.585. The molecule has 8 aromatic carbocycles. The van der Waals surface area contributed by atoms with E-state index in [1.807, 2.05) is 0 Å². The standard InChI is InChI=1S/2C35H32B2N4/c2*1-28-35(29-16-8-4-9-17-29,30-18-10-5-11-19-30)37(32-22-14-7-15-23-32)34-39(3)24-26-40(34)36(28,31-20-12-6-13-21-31)33-38(2)25-27-41(33)37/h2*4-27H,1H2,2-3H3/t2*36-,37-/m10/s1. The van der Waals surface area contributed by atoms with Crippen LogP contribution < -0.4 is 62.7 Å². The predicted octanol–water partition coefficient (Wildman–Crippen LogP) is 4.21. The van der Waals surface area contributed by atoms with Gasteiger partial charge in [0.25, 0.3) is 0 Å². The molecule has 12 heteroatoms. The topological polar surface area (TPSA) is 35.2 Å². The lowest BCUT2D eigenvalue weighted by Crippen LogP contribution is -3.11. The molecule has 6 aliphatic heterocycles. The van der Waals surface area contributed by atoms with Gasteiger partial charge < -0.3 is 17.9 Å². The van der Waals surface area contributed by atoms with Crippen LogP contribution in [0, 0.1) is 0 Å². The minimum atomic E-state index is -1.74. The summed E-state index contributed by atoms with van der Waals surface area (Å²) < 4.78 is 19.9. The molecule has 82 heavy (non-hydrogen) atoms. The Morgan fingerprint density at radius 3 is 0.768 bits per heavy atom. The molecule has 0 N–H and O–H groups in total. The quantitative estimate of drug-likeness (QED) is 0.205. The minimum Gasteiger partial charge on any atom is -0.448 e. The number of rotatable bonds is 8. The first-order valence-electron chi connectivity index (χ1n) is 29.0. The second-order valence-corrected chi connectivity index (χ2v) is 23.8. The molecule has 4 bridgehead atoms. The van der Waals surface area contributed by atoms with Crippen LogP contribution in [0.1, 0.15) is 22.3 Å². The van der Waals surface area contributed by atoms with Gasteiger partial charge in [0.1, 0.15) is 24.8 Å². The Kier molecular flexibility index (Phi) is 10.8. The Bertz CT molecular complexity index is 4070. The maximum atomic E-state index is 5.24. The summed E-state index contributed by atoms with van der Waals surface area (Å²) in [5.74, 6) is 0. The highest BCUT2D eigenvalue weighted by atomic mass is 15.3. The van der Waals surface area contributed by atoms with Gasteiger partial charge in [0, 0.05) is 0 Å². The molecule has 0 saturated heterocycles. The molecule has 6 aliphatic rings. The van der Waals surface area contributed by atoms with Crippen LogP contribution in [0.3, 0.4) is 0 Å². The summed E-state index contributed by atoms with van der Waals surface area (Å²) in [7, 11) is 8.80. The fraction of sp³-hybridized carbons (Fsp3) is 0.0857. The van der Waals surface area contributed by atoms with Crippen molar-refractivity contribution in [3.8, 4) is 0 Å². The highest BCUT2D eigenvalue weighted by molar-refractivity contribution is 7.12. The first-order chi connectivity index (χ1) is 40.2. The Balaban J connectivity index is 0.000000140. The predicted molar refractivity (Wildman–Crippen MR) is 335 cm³/mol. The highest BCUT2D eigenvalue weighted by Gasteiger charge is 2.76. The van der Waals surface area contributed by atoms with Gasteiger partial charge >= 0.3 is 25.1 Å². The molecular formula is C70H64B4N8. The SMILES string of the molecule is C=C1[B@-]2(c3ccccc3)c3n(C)cc[n+]3[B@@-](c3ccccc3)(c3n(C)cc[n+]32)C1(c1ccccc1)c1ccccc1.C=C1[B@@-]2(c3ccccc3)c3n(C)cc[n+]3[B@-](c3ccccc3)(c3n(C)cc[n+]32)C1(c1ccccc1)c1ccccc1. The first kappa shape index (κ1) is 49.4. The van der Waals surface area contributed by atoms with Crippen molar-refractivity contribution in [2.75, 3.05) is 0 Å². The fourth-order valence-electron chi connectivity index (χ4n) is 18.4. The summed E-state index contributed by atoms with van der Waals surface area (Å²) in [6.45, 7) is 10.5. The Hall–Kier alpha value is -9.66. The highest BCUT2D eigenvalue weighted by Crippen LogP contribution is 2.52. The van der Waals surface area contributed by atoms with Gasteiger partial charge in [0.05, 0.1) is 75.9 Å². The molecule has 10 heterocycles. The first-order valence-corrected chi connectivity index (χ1v) is 29.0. The van der Waals surface area contributed by atoms with E-state index >= 15 is 0 Å². The average molecular weight is 1060 g/mol. The molecule has 4 atom stereocenters. The number of allylic oxidation sites excluding steroid dienone is 2. The Morgan fingerprint density at radius 1 is 0.280 bits per heavy atom. The molecule has 0 fully saturated rings. The number of aromatic nitrogens is 8. The molecule has 396 valence electrons. The summed E-state index contributed by atoms with van der Waals surface area (Å²) in [6, 6.07) is 88.8. The van der Waals surface area contributed by atoms with Gasteiger partial charge in [0.2, 0.25) is 0 Å². The normalized spacial score (nSPS) is 21.9. The van der Waals surface area contributed by atoms with Crippen LogP contribution in [0.4, 0.5) is 0 Å². The molecule has 8 nitrogen and oxygen atoms in total. The van der Waals surface area contributed by atoms with E-state index < -0.39 is 35.8 Å². The van der Waals surface area contributed by atoms with E-state index in [1.54, 1.807) is 0 Å². The van der Waals surface area contributed by atoms with Gasteiger partial charge in [-0.1, -0.05) is 276 Å². The number of hydrogen-bond donors (Lipinski definition) is 0. The zero-order chi connectivity index (χ0) is 55.6. The van der Waals surface area contributed by atoms with Gasteiger partial charge in [-0.15, -0.1) is 24.1 Å². The largest absolute Gasteiger partial charge is 0.448 e. The van der Waals surface area contributed by atoms with Crippen molar-refractivity contribution in [2.24, 2.45) is 28.2 Å². The molecule has 0 radical (unpaired) electrons. The molecule has 0 amide bonds. The van der Waals surface area contributed by atoms with Crippen molar-refractivity contribution in [3.63, 3.8) is 0 Å². The number of hydrogen-bond acceptors (Lipinski definition) is 0. The maximum Gasteiger partial charge on any atom is 0.342 e. The van der Waals surface area contributed by atoms with E-state index in [9.17, 15) is 0 Å². The van der Waals surface area contributed by atoms with E-state index in [4.69, 9.17) is 13.2 Å². The minimum absolute atomic E-state index is 0.579. The van der Waals surface area contributed by atoms with Gasteiger partial charge in [-0.3, -0.25) is 18.3 Å². The van der Waals surface area contributed by atoms with E-state index in [1.165, 1.54) is 77.9 Å². The third kappa shape index (κ3) is 5.66. The van der Waals surface area contributed by atoms with Crippen LogP contribution in [0.5, 0.6) is 0 Å². The van der Waals surface area contributed by atoms with E-state index in [2.05, 4.69) is 357 Å². The zero-order valence-corrected chi connectivity index (χ0v) is 47.0. The van der Waals surface area contributed by atoms with Gasteiger partial charge in [-0.25, -0.2) is 0 Å². The lowest BCUT2D eigenvalue weighted by atomic mass is 9.02. The lowest BCUT2D eigenvalue weighted by Gasteiger charge is -2.68. The molecular weight excluding hydrogens is 996 g/mol. The van der Waals surface area contributed by atoms with E-state index in [0.717, 1.165) is 0 Å². The molecule has 12 aromatic rings. The van der Waals surface area contributed by atoms with Crippen LogP contribution in [-0.2, 0) is 38.8 Å². The number of imidazole rings is 4. The molecule has 4 aromatic heterocycles. The van der Waals surface area contributed by atoms with Crippen molar-refractivity contribution < 1.29 is 17.9 Å². The average Bonchev–Trinajstić information content (AvgIpc) is 1.20. The van der Waals surface area contributed by atoms with Crippen molar-refractivity contribution in [1.29, 1.82) is 0 Å². The maximum absolute atomic E-state index is 5.24. The van der Waals surface area contributed by atoms with Crippen molar-refractivity contribution in [1.82, 2.24) is 18.3 Å². The van der Waals surface area contributed by atoms with E-state index in [0.29, 0.717) is 0 Å². The van der Waals surface area contributed by atoms with Crippen LogP contribution in [0.15, 0.2) is 316 Å². The summed E-state index contributed by atoms with van der Waals surface area (Å²) in [4.78, 5) is 0. The van der Waals surface area contributed by atoms with Crippen LogP contribution >= 0.6 is 0 Å². The molecule has 0 spiro atoms. The second-order valence-electron chi connectivity index (χ2n) is 23.8.